The van der Waals surface area contributed by atoms with Gasteiger partial charge >= 0.3 is 59.1 Å². The minimum Gasteiger partial charge on any atom is -0.870 e. The molecule has 10 nitrogen and oxygen atoms in total. The van der Waals surface area contributed by atoms with E-state index in [-0.39, 0.29) is 78.4 Å². The molecule has 0 aliphatic carbocycles. The van der Waals surface area contributed by atoms with Gasteiger partial charge in [-0.3, -0.25) is 16.1 Å². The average molecular weight is 509 g/mol. The Balaban J connectivity index is -0.000000701. The number of carbonyl (C=O) groups excluding carboxylic acids is 2. The van der Waals surface area contributed by atoms with Gasteiger partial charge in [-0.25, -0.2) is 0 Å². The maximum atomic E-state index is 10.7. The Kier molecular flexibility index (Phi) is 42.0. The number of carboxylic acid groups (broad SMARTS) is 1. The van der Waals surface area contributed by atoms with Crippen molar-refractivity contribution in [3.8, 4) is 0 Å². The predicted molar refractivity (Wildman–Crippen MR) is 127 cm³/mol. The molecule has 194 valence electrons. The van der Waals surface area contributed by atoms with Crippen LogP contribution in [-0.2, 0) is 14.3 Å². The smallest absolute Gasteiger partial charge is 0.870 e. The summed E-state index contributed by atoms with van der Waals surface area (Å²) in [6.07, 6.45) is 2.43. The summed E-state index contributed by atoms with van der Waals surface area (Å²) in [6.45, 7) is 14.1. The maximum Gasteiger partial charge on any atom is 1.00 e. The first-order valence-electron chi connectivity index (χ1n) is 11.0. The van der Waals surface area contributed by atoms with Gasteiger partial charge in [-0.05, 0) is 33.9 Å². The zero-order valence-corrected chi connectivity index (χ0v) is 25.9. The van der Waals surface area contributed by atoms with E-state index < -0.39 is 5.97 Å². The molecular formula is C22H48N5Na2O5-. The number of ether oxygens (including phenoxy) is 1. The Hall–Kier alpha value is 0.860. The van der Waals surface area contributed by atoms with Crippen LogP contribution >= 0.6 is 0 Å². The first-order chi connectivity index (χ1) is 14.4. The van der Waals surface area contributed by atoms with E-state index in [1.807, 2.05) is 13.3 Å². The molecule has 0 heterocycles. The number of aliphatic carboxylic acids is 1. The van der Waals surface area contributed by atoms with Crippen LogP contribution in [0.1, 0.15) is 34.1 Å². The van der Waals surface area contributed by atoms with Crippen molar-refractivity contribution >= 4 is 12.3 Å². The fourth-order valence-electron chi connectivity index (χ4n) is 2.98. The van der Waals surface area contributed by atoms with E-state index in [0.717, 1.165) is 65.4 Å². The Labute approximate surface area is 252 Å². The van der Waals surface area contributed by atoms with Crippen molar-refractivity contribution in [3.05, 3.63) is 0 Å². The molecule has 0 atom stereocenters. The summed E-state index contributed by atoms with van der Waals surface area (Å²) in [5, 5.41) is 17.6. The van der Waals surface area contributed by atoms with E-state index in [2.05, 4.69) is 39.2 Å². The van der Waals surface area contributed by atoms with Crippen molar-refractivity contribution in [1.29, 1.82) is 0 Å². The van der Waals surface area contributed by atoms with E-state index >= 15 is 0 Å². The van der Waals surface area contributed by atoms with Crippen LogP contribution in [-0.4, -0.2) is 131 Å². The predicted octanol–water partition coefficient (Wildman–Crippen LogP) is -7.14. The van der Waals surface area contributed by atoms with Crippen molar-refractivity contribution in [2.45, 2.75) is 40.2 Å². The van der Waals surface area contributed by atoms with Gasteiger partial charge < -0.3 is 40.4 Å². The molecule has 12 heteroatoms. The zero-order valence-electron chi connectivity index (χ0n) is 21.9. The molecule has 0 bridgehead atoms. The topological polar surface area (TPSA) is 130 Å². The summed E-state index contributed by atoms with van der Waals surface area (Å²) in [5.41, 5.74) is 0. The quantitative estimate of drug-likeness (QED) is 0.0827. The number of hydrogen-bond acceptors (Lipinski definition) is 10. The molecule has 0 unspecified atom stereocenters. The molecule has 0 aliphatic heterocycles. The second kappa shape index (κ2) is 31.9. The number of hydrogen-bond donors (Lipinski definition) is 2. The summed E-state index contributed by atoms with van der Waals surface area (Å²) in [4.78, 5) is 27.6. The van der Waals surface area contributed by atoms with E-state index in [4.69, 9.17) is 4.74 Å². The second-order valence-corrected chi connectivity index (χ2v) is 7.78. The van der Waals surface area contributed by atoms with Crippen molar-refractivity contribution in [1.82, 2.24) is 25.3 Å². The maximum absolute atomic E-state index is 10.7. The minimum absolute atomic E-state index is 0. The van der Waals surface area contributed by atoms with Crippen LogP contribution in [0.3, 0.4) is 0 Å². The number of likely N-dealkylation sites (N-methyl/N-ethyl adjacent to an activating group) is 1. The number of nitrogens with zero attached hydrogens (tertiary/aromatic N) is 3. The van der Waals surface area contributed by atoms with Gasteiger partial charge in [-0.15, -0.1) is 6.42 Å². The molecule has 0 radical (unpaired) electrons. The van der Waals surface area contributed by atoms with Gasteiger partial charge in [-0.2, -0.15) is 0 Å². The van der Waals surface area contributed by atoms with Crippen LogP contribution in [0.25, 0.3) is 0 Å². The molecule has 0 aromatic heterocycles. The zero-order chi connectivity index (χ0) is 22.6. The Morgan fingerprint density at radius 2 is 1.47 bits per heavy atom. The SMILES string of the molecule is C.COCCN(CCNCCN(CCNCCN(C)CC[C-]=O)C(C)C)CCC(=O)[O-].[Na+].[Na+].[OH-]. The molecule has 34 heavy (non-hydrogen) atoms. The van der Waals surface area contributed by atoms with Gasteiger partial charge in [0, 0.05) is 84.6 Å². The van der Waals surface area contributed by atoms with Crippen LogP contribution in [0.15, 0.2) is 0 Å². The second-order valence-electron chi connectivity index (χ2n) is 7.78. The summed E-state index contributed by atoms with van der Waals surface area (Å²) < 4.78 is 5.09. The Morgan fingerprint density at radius 3 is 1.94 bits per heavy atom. The van der Waals surface area contributed by atoms with E-state index in [1.54, 1.807) is 7.11 Å². The standard InChI is InChI=1S/C21H44N5O4.CH4.2Na.H2O/c1-20(2)26(15-9-22-7-13-24(3)11-5-18-27)16-10-23-8-14-25(17-19-30-4)12-6-21(28)29;;;;/h20,22-23H,5-17,19H2,1-4H3,(H,28,29);1H4;;;1H2/q-1;;2*+1;/p-2. The molecule has 0 spiro atoms. The Morgan fingerprint density at radius 1 is 0.941 bits per heavy atom. The van der Waals surface area contributed by atoms with Gasteiger partial charge in [0.15, 0.2) is 0 Å². The van der Waals surface area contributed by atoms with Crippen molar-refractivity contribution in [2.75, 3.05) is 92.8 Å². The van der Waals surface area contributed by atoms with Gasteiger partial charge in [0.2, 0.25) is 0 Å². The van der Waals surface area contributed by atoms with Gasteiger partial charge in [0.05, 0.1) is 6.61 Å². The van der Waals surface area contributed by atoms with Crippen LogP contribution in [0, 0.1) is 0 Å². The third-order valence-corrected chi connectivity index (χ3v) is 5.00. The van der Waals surface area contributed by atoms with Gasteiger partial charge in [-0.1, -0.05) is 7.43 Å². The minimum atomic E-state index is -1.02. The van der Waals surface area contributed by atoms with Crippen LogP contribution < -0.4 is 74.9 Å². The van der Waals surface area contributed by atoms with E-state index in [1.165, 1.54) is 0 Å². The summed E-state index contributed by atoms with van der Waals surface area (Å²) in [6, 6.07) is 0.473. The third-order valence-electron chi connectivity index (χ3n) is 5.00. The molecule has 0 aliphatic rings. The summed E-state index contributed by atoms with van der Waals surface area (Å²) in [5.74, 6) is -1.02. The normalized spacial score (nSPS) is 10.5. The monoisotopic (exact) mass is 508 g/mol. The Bertz CT molecular complexity index is 440. The fourth-order valence-corrected chi connectivity index (χ4v) is 2.98. The molecule has 3 N–H and O–H groups in total. The van der Waals surface area contributed by atoms with E-state index in [9.17, 15) is 14.7 Å². The number of carbonyl (C=O) groups is 1. The van der Waals surface area contributed by atoms with Crippen LogP contribution in [0.4, 0.5) is 0 Å². The molecule has 0 fully saturated rings. The molecule has 0 saturated heterocycles. The number of methoxy groups -OCH3 is 1. The van der Waals surface area contributed by atoms with Crippen molar-refractivity contribution < 1.29 is 84.0 Å². The van der Waals surface area contributed by atoms with E-state index in [0.29, 0.717) is 25.6 Å². The fraction of sp³-hybridized carbons (Fsp3) is 0.909. The summed E-state index contributed by atoms with van der Waals surface area (Å²) in [7, 11) is 3.66. The van der Waals surface area contributed by atoms with Gasteiger partial charge in [0.25, 0.3) is 0 Å². The molecular weight excluding hydrogens is 460 g/mol. The first-order valence-corrected chi connectivity index (χ1v) is 11.0. The molecule has 0 aromatic rings. The van der Waals surface area contributed by atoms with Crippen LogP contribution in [0.2, 0.25) is 0 Å². The summed E-state index contributed by atoms with van der Waals surface area (Å²) >= 11 is 0. The molecule has 0 rings (SSSR count). The molecule has 0 aromatic carbocycles. The number of rotatable bonds is 22. The average Bonchev–Trinajstić information content (AvgIpc) is 2.71. The molecule has 0 saturated carbocycles. The third kappa shape index (κ3) is 29.1. The first kappa shape index (κ1) is 44.8. The molecule has 0 amide bonds. The van der Waals surface area contributed by atoms with Crippen molar-refractivity contribution in [2.24, 2.45) is 0 Å². The number of carboxylic acids is 1. The van der Waals surface area contributed by atoms with Crippen LogP contribution in [0.5, 0.6) is 0 Å². The van der Waals surface area contributed by atoms with Gasteiger partial charge in [0.1, 0.15) is 0 Å². The van der Waals surface area contributed by atoms with Crippen molar-refractivity contribution in [3.63, 3.8) is 0 Å². The number of nitrogens with one attached hydrogen (secondary N) is 2. The largest absolute Gasteiger partial charge is 1.00 e.